The topological polar surface area (TPSA) is 41.5 Å². The monoisotopic (exact) mass is 277 g/mol. The summed E-state index contributed by atoms with van der Waals surface area (Å²) in [4.78, 5) is 0. The van der Waals surface area contributed by atoms with Crippen molar-refractivity contribution in [3.63, 3.8) is 0 Å². The van der Waals surface area contributed by atoms with Gasteiger partial charge < -0.3 is 15.2 Å². The molecule has 0 amide bonds. The zero-order valence-electron chi connectivity index (χ0n) is 12.9. The first-order valence-corrected chi connectivity index (χ1v) is 7.66. The van der Waals surface area contributed by atoms with Crippen molar-refractivity contribution in [2.24, 2.45) is 5.92 Å². The molecule has 0 aliphatic heterocycles. The lowest BCUT2D eigenvalue weighted by Crippen LogP contribution is -2.44. The lowest BCUT2D eigenvalue weighted by Gasteiger charge is -2.31. The molecular formula is C17H27NO2. The average Bonchev–Trinajstić information content (AvgIpc) is 2.45. The van der Waals surface area contributed by atoms with Crippen molar-refractivity contribution in [3.05, 3.63) is 29.3 Å². The molecule has 2 atom stereocenters. The van der Waals surface area contributed by atoms with E-state index in [1.54, 1.807) is 7.11 Å². The molecule has 3 nitrogen and oxygen atoms in total. The fraction of sp³-hybridized carbons (Fsp3) is 0.647. The molecule has 1 aromatic carbocycles. The normalized spacial score (nSPS) is 19.8. The molecule has 2 rings (SSSR count). The number of methoxy groups -OCH3 is 1. The van der Waals surface area contributed by atoms with Gasteiger partial charge in [-0.25, -0.2) is 0 Å². The number of aryl methyl sites for hydroxylation is 1. The van der Waals surface area contributed by atoms with E-state index in [4.69, 9.17) is 4.74 Å². The standard InChI is InChI=1S/C17H27NO2/c1-12(2)17(8-9-19)18-15-6-4-13-5-7-16(20-3)11-14(13)10-15/h5,7,11-12,15,17-19H,4,6,8-10H2,1-3H3. The summed E-state index contributed by atoms with van der Waals surface area (Å²) in [7, 11) is 1.72. The minimum Gasteiger partial charge on any atom is -0.497 e. The molecule has 2 unspecified atom stereocenters. The third kappa shape index (κ3) is 3.74. The molecule has 0 saturated heterocycles. The van der Waals surface area contributed by atoms with E-state index < -0.39 is 0 Å². The second-order valence-electron chi connectivity index (χ2n) is 6.10. The van der Waals surface area contributed by atoms with Crippen LogP contribution in [0.3, 0.4) is 0 Å². The highest BCUT2D eigenvalue weighted by Crippen LogP contribution is 2.26. The van der Waals surface area contributed by atoms with Gasteiger partial charge in [-0.3, -0.25) is 0 Å². The van der Waals surface area contributed by atoms with Crippen LogP contribution in [0.25, 0.3) is 0 Å². The van der Waals surface area contributed by atoms with Gasteiger partial charge in [0.1, 0.15) is 5.75 Å². The van der Waals surface area contributed by atoms with E-state index in [9.17, 15) is 5.11 Å². The smallest absolute Gasteiger partial charge is 0.119 e. The number of hydrogen-bond donors (Lipinski definition) is 2. The maximum Gasteiger partial charge on any atom is 0.119 e. The number of nitrogens with one attached hydrogen (secondary N) is 1. The van der Waals surface area contributed by atoms with Gasteiger partial charge in [-0.2, -0.15) is 0 Å². The average molecular weight is 277 g/mol. The first kappa shape index (κ1) is 15.3. The Bertz CT molecular complexity index is 431. The van der Waals surface area contributed by atoms with E-state index in [1.165, 1.54) is 17.5 Å². The SMILES string of the molecule is COc1ccc2c(c1)CC(NC(CCO)C(C)C)CC2. The van der Waals surface area contributed by atoms with Crippen molar-refractivity contribution in [2.75, 3.05) is 13.7 Å². The van der Waals surface area contributed by atoms with Crippen LogP contribution in [0.1, 0.15) is 37.8 Å². The Kier molecular flexibility index (Phi) is 5.44. The molecule has 1 aliphatic rings. The van der Waals surface area contributed by atoms with Crippen molar-refractivity contribution in [1.82, 2.24) is 5.32 Å². The van der Waals surface area contributed by atoms with Crippen LogP contribution in [0.2, 0.25) is 0 Å². The number of aliphatic hydroxyl groups is 1. The van der Waals surface area contributed by atoms with Gasteiger partial charge in [-0.1, -0.05) is 19.9 Å². The van der Waals surface area contributed by atoms with Crippen molar-refractivity contribution in [3.8, 4) is 5.75 Å². The number of rotatable bonds is 6. The van der Waals surface area contributed by atoms with Crippen LogP contribution in [-0.4, -0.2) is 30.9 Å². The summed E-state index contributed by atoms with van der Waals surface area (Å²) in [5.74, 6) is 1.49. The number of benzene rings is 1. The summed E-state index contributed by atoms with van der Waals surface area (Å²) in [6.45, 7) is 4.69. The third-order valence-corrected chi connectivity index (χ3v) is 4.34. The van der Waals surface area contributed by atoms with E-state index in [2.05, 4.69) is 37.4 Å². The summed E-state index contributed by atoms with van der Waals surface area (Å²) < 4.78 is 5.32. The second-order valence-corrected chi connectivity index (χ2v) is 6.10. The Morgan fingerprint density at radius 1 is 1.35 bits per heavy atom. The van der Waals surface area contributed by atoms with Gasteiger partial charge in [-0.15, -0.1) is 0 Å². The summed E-state index contributed by atoms with van der Waals surface area (Å²) in [5.41, 5.74) is 2.85. The molecule has 0 saturated carbocycles. The van der Waals surface area contributed by atoms with Gasteiger partial charge in [0, 0.05) is 18.7 Å². The van der Waals surface area contributed by atoms with Gasteiger partial charge in [-0.05, 0) is 54.9 Å². The Morgan fingerprint density at radius 3 is 2.80 bits per heavy atom. The van der Waals surface area contributed by atoms with Gasteiger partial charge in [0.15, 0.2) is 0 Å². The predicted molar refractivity (Wildman–Crippen MR) is 82.3 cm³/mol. The van der Waals surface area contributed by atoms with Crippen LogP contribution in [0.5, 0.6) is 5.75 Å². The summed E-state index contributed by atoms with van der Waals surface area (Å²) in [6, 6.07) is 7.32. The Morgan fingerprint density at radius 2 is 2.15 bits per heavy atom. The quantitative estimate of drug-likeness (QED) is 0.839. The van der Waals surface area contributed by atoms with Crippen LogP contribution >= 0.6 is 0 Å². The molecule has 1 aliphatic carbocycles. The maximum absolute atomic E-state index is 9.18. The number of hydrogen-bond acceptors (Lipinski definition) is 3. The van der Waals surface area contributed by atoms with Crippen molar-refractivity contribution in [1.29, 1.82) is 0 Å². The lowest BCUT2D eigenvalue weighted by atomic mass is 9.87. The minimum atomic E-state index is 0.257. The second kappa shape index (κ2) is 7.09. The van der Waals surface area contributed by atoms with Crippen molar-refractivity contribution in [2.45, 2.75) is 51.6 Å². The van der Waals surface area contributed by atoms with Gasteiger partial charge in [0.25, 0.3) is 0 Å². The zero-order valence-corrected chi connectivity index (χ0v) is 12.9. The van der Waals surface area contributed by atoms with Crippen LogP contribution in [0, 0.1) is 5.92 Å². The molecule has 0 bridgehead atoms. The van der Waals surface area contributed by atoms with E-state index in [0.717, 1.165) is 25.0 Å². The Balaban J connectivity index is 2.02. The molecule has 0 heterocycles. The molecule has 1 aromatic rings. The van der Waals surface area contributed by atoms with Crippen LogP contribution < -0.4 is 10.1 Å². The first-order chi connectivity index (χ1) is 9.63. The largest absolute Gasteiger partial charge is 0.497 e. The summed E-state index contributed by atoms with van der Waals surface area (Å²) >= 11 is 0. The van der Waals surface area contributed by atoms with E-state index >= 15 is 0 Å². The van der Waals surface area contributed by atoms with Crippen molar-refractivity contribution >= 4 is 0 Å². The fourth-order valence-electron chi connectivity index (χ4n) is 3.05. The zero-order chi connectivity index (χ0) is 14.5. The predicted octanol–water partition coefficient (Wildman–Crippen LogP) is 2.55. The maximum atomic E-state index is 9.18. The van der Waals surface area contributed by atoms with Crippen LogP contribution in [0.4, 0.5) is 0 Å². The van der Waals surface area contributed by atoms with E-state index in [1.807, 2.05) is 0 Å². The Hall–Kier alpha value is -1.06. The van der Waals surface area contributed by atoms with E-state index in [-0.39, 0.29) is 6.61 Å². The molecule has 0 radical (unpaired) electrons. The molecule has 112 valence electrons. The molecule has 3 heteroatoms. The summed E-state index contributed by atoms with van der Waals surface area (Å²) in [5, 5.41) is 12.9. The number of fused-ring (bicyclic) bond motifs is 1. The molecule has 0 fully saturated rings. The summed E-state index contributed by atoms with van der Waals surface area (Å²) in [6.07, 6.45) is 4.19. The minimum absolute atomic E-state index is 0.257. The fourth-order valence-corrected chi connectivity index (χ4v) is 3.05. The van der Waals surface area contributed by atoms with Gasteiger partial charge >= 0.3 is 0 Å². The lowest BCUT2D eigenvalue weighted by molar-refractivity contribution is 0.230. The first-order valence-electron chi connectivity index (χ1n) is 7.66. The highest BCUT2D eigenvalue weighted by molar-refractivity contribution is 5.37. The van der Waals surface area contributed by atoms with Gasteiger partial charge in [0.05, 0.1) is 7.11 Å². The Labute approximate surface area is 122 Å². The molecule has 2 N–H and O–H groups in total. The van der Waals surface area contributed by atoms with Crippen LogP contribution in [-0.2, 0) is 12.8 Å². The highest BCUT2D eigenvalue weighted by Gasteiger charge is 2.22. The third-order valence-electron chi connectivity index (χ3n) is 4.34. The van der Waals surface area contributed by atoms with E-state index in [0.29, 0.717) is 18.0 Å². The molecular weight excluding hydrogens is 250 g/mol. The molecule has 0 spiro atoms. The molecule has 0 aromatic heterocycles. The van der Waals surface area contributed by atoms with Crippen molar-refractivity contribution < 1.29 is 9.84 Å². The van der Waals surface area contributed by atoms with Crippen LogP contribution in [0.15, 0.2) is 18.2 Å². The number of aliphatic hydroxyl groups excluding tert-OH is 1. The number of ether oxygens (including phenoxy) is 1. The highest BCUT2D eigenvalue weighted by atomic mass is 16.5. The van der Waals surface area contributed by atoms with Gasteiger partial charge in [0.2, 0.25) is 0 Å². The molecule has 20 heavy (non-hydrogen) atoms.